The average Bonchev–Trinajstić information content (AvgIpc) is 2.51. The zero-order chi connectivity index (χ0) is 19.0. The molecular weight excluding hydrogens is 365 g/mol. The van der Waals surface area contributed by atoms with E-state index in [-0.39, 0.29) is 28.5 Å². The molecule has 0 fully saturated rings. The molecule has 7 heteroatoms. The highest BCUT2D eigenvalue weighted by atomic mass is 35.5. The molecule has 1 amide bonds. The summed E-state index contributed by atoms with van der Waals surface area (Å²) in [6, 6.07) is 2.60. The number of anilines is 1. The summed E-state index contributed by atoms with van der Waals surface area (Å²) in [5.41, 5.74) is 0.0594. The first kappa shape index (κ1) is 21.8. The van der Waals surface area contributed by atoms with Crippen LogP contribution in [0.1, 0.15) is 47.0 Å². The lowest BCUT2D eigenvalue weighted by molar-refractivity contribution is -0.142. The maximum absolute atomic E-state index is 14.0. The second kappa shape index (κ2) is 10.7. The summed E-state index contributed by atoms with van der Waals surface area (Å²) in [7, 11) is 0. The Balaban J connectivity index is 2.81. The number of ether oxygens (including phenoxy) is 1. The van der Waals surface area contributed by atoms with Gasteiger partial charge in [-0.05, 0) is 31.4 Å². The molecule has 0 spiro atoms. The Morgan fingerprint density at radius 3 is 2.60 bits per heavy atom. The minimum Gasteiger partial charge on any atom is -0.465 e. The van der Waals surface area contributed by atoms with E-state index in [1.54, 1.807) is 6.92 Å². The molecule has 1 aromatic rings. The normalized spacial score (nSPS) is 12.1. The van der Waals surface area contributed by atoms with Crippen LogP contribution in [0.4, 0.5) is 10.1 Å². The number of carbonyl (C=O) groups excluding carboxylic acids is 2. The number of thioether (sulfide) groups is 1. The van der Waals surface area contributed by atoms with E-state index in [2.05, 4.69) is 5.32 Å². The van der Waals surface area contributed by atoms with Gasteiger partial charge in [0, 0.05) is 11.3 Å². The number of halogens is 2. The van der Waals surface area contributed by atoms with E-state index in [9.17, 15) is 14.0 Å². The predicted molar refractivity (Wildman–Crippen MR) is 101 cm³/mol. The van der Waals surface area contributed by atoms with E-state index >= 15 is 0 Å². The number of hydrogen-bond donors (Lipinski definition) is 1. The van der Waals surface area contributed by atoms with Crippen molar-refractivity contribution in [3.63, 3.8) is 0 Å². The van der Waals surface area contributed by atoms with Gasteiger partial charge in [-0.2, -0.15) is 0 Å². The summed E-state index contributed by atoms with van der Waals surface area (Å²) in [4.78, 5) is 24.3. The van der Waals surface area contributed by atoms with Gasteiger partial charge in [-0.3, -0.25) is 9.59 Å². The molecule has 0 saturated carbocycles. The first-order chi connectivity index (χ1) is 11.7. The fourth-order valence-corrected chi connectivity index (χ4v) is 3.15. The van der Waals surface area contributed by atoms with Gasteiger partial charge in [0.05, 0.1) is 17.3 Å². The van der Waals surface area contributed by atoms with Crippen LogP contribution in [0.15, 0.2) is 17.0 Å². The minimum absolute atomic E-state index is 0.0594. The Bertz CT molecular complexity index is 610. The SMILES string of the molecule is CCCCOC(=O)C(C)Sc1cc(NC(=O)CC(C)C)c(F)cc1Cl. The fraction of sp³-hybridized carbons (Fsp3) is 0.556. The van der Waals surface area contributed by atoms with Crippen molar-refractivity contribution >= 4 is 40.9 Å². The molecule has 0 aliphatic rings. The molecule has 1 N–H and O–H groups in total. The highest BCUT2D eigenvalue weighted by Crippen LogP contribution is 2.34. The van der Waals surface area contributed by atoms with Gasteiger partial charge in [0.15, 0.2) is 0 Å². The molecule has 0 heterocycles. The first-order valence-electron chi connectivity index (χ1n) is 8.36. The molecule has 0 aromatic heterocycles. The third-order valence-electron chi connectivity index (χ3n) is 3.27. The lowest BCUT2D eigenvalue weighted by Crippen LogP contribution is -2.18. The van der Waals surface area contributed by atoms with Crippen molar-refractivity contribution in [2.75, 3.05) is 11.9 Å². The van der Waals surface area contributed by atoms with Gasteiger partial charge in [-0.25, -0.2) is 4.39 Å². The highest BCUT2D eigenvalue weighted by molar-refractivity contribution is 8.00. The molecule has 0 aliphatic carbocycles. The number of carbonyl (C=O) groups is 2. The van der Waals surface area contributed by atoms with Crippen LogP contribution < -0.4 is 5.32 Å². The minimum atomic E-state index is -0.607. The number of rotatable bonds is 9. The van der Waals surface area contributed by atoms with Crippen LogP contribution in [0.5, 0.6) is 0 Å². The summed E-state index contributed by atoms with van der Waals surface area (Å²) in [5, 5.41) is 2.26. The number of hydrogen-bond acceptors (Lipinski definition) is 4. The summed E-state index contributed by atoms with van der Waals surface area (Å²) in [6.45, 7) is 7.92. The highest BCUT2D eigenvalue weighted by Gasteiger charge is 2.19. The van der Waals surface area contributed by atoms with Gasteiger partial charge < -0.3 is 10.1 Å². The smallest absolute Gasteiger partial charge is 0.319 e. The third-order valence-corrected chi connectivity index (χ3v) is 4.83. The molecule has 0 saturated heterocycles. The van der Waals surface area contributed by atoms with E-state index in [0.717, 1.165) is 18.9 Å². The van der Waals surface area contributed by atoms with Gasteiger partial charge in [0.1, 0.15) is 11.1 Å². The van der Waals surface area contributed by atoms with Crippen LogP contribution in [0.2, 0.25) is 5.02 Å². The van der Waals surface area contributed by atoms with Crippen LogP contribution in [-0.2, 0) is 14.3 Å². The molecular formula is C18H25ClFNO3S. The zero-order valence-corrected chi connectivity index (χ0v) is 16.6. The van der Waals surface area contributed by atoms with Gasteiger partial charge in [-0.15, -0.1) is 11.8 Å². The van der Waals surface area contributed by atoms with Crippen molar-refractivity contribution < 1.29 is 18.7 Å². The second-order valence-electron chi connectivity index (χ2n) is 6.19. The molecule has 0 bridgehead atoms. The quantitative estimate of drug-likeness (QED) is 0.354. The molecule has 140 valence electrons. The summed E-state index contributed by atoms with van der Waals surface area (Å²) in [5.74, 6) is -1.05. The average molecular weight is 390 g/mol. The first-order valence-corrected chi connectivity index (χ1v) is 9.62. The molecule has 25 heavy (non-hydrogen) atoms. The molecule has 1 rings (SSSR count). The van der Waals surface area contributed by atoms with Crippen LogP contribution in [0.25, 0.3) is 0 Å². The van der Waals surface area contributed by atoms with Crippen LogP contribution in [0, 0.1) is 11.7 Å². The van der Waals surface area contributed by atoms with Crippen LogP contribution >= 0.6 is 23.4 Å². The maximum Gasteiger partial charge on any atom is 0.319 e. The Kier molecular flexibility index (Phi) is 9.28. The predicted octanol–water partition coefficient (Wildman–Crippen LogP) is 5.29. The van der Waals surface area contributed by atoms with Gasteiger partial charge >= 0.3 is 5.97 Å². The van der Waals surface area contributed by atoms with Crippen molar-refractivity contribution in [2.24, 2.45) is 5.92 Å². The second-order valence-corrected chi connectivity index (χ2v) is 7.98. The maximum atomic E-state index is 14.0. The van der Waals surface area contributed by atoms with E-state index in [1.807, 2.05) is 20.8 Å². The fourth-order valence-electron chi connectivity index (χ4n) is 1.96. The monoisotopic (exact) mass is 389 g/mol. The largest absolute Gasteiger partial charge is 0.465 e. The van der Waals surface area contributed by atoms with Gasteiger partial charge in [-0.1, -0.05) is 38.8 Å². The van der Waals surface area contributed by atoms with Crippen LogP contribution in [-0.4, -0.2) is 23.7 Å². The van der Waals surface area contributed by atoms with Crippen molar-refractivity contribution in [1.29, 1.82) is 0 Å². The summed E-state index contributed by atoms with van der Waals surface area (Å²) < 4.78 is 19.2. The molecule has 4 nitrogen and oxygen atoms in total. The van der Waals surface area contributed by atoms with E-state index in [0.29, 0.717) is 17.9 Å². The molecule has 1 unspecified atom stereocenters. The van der Waals surface area contributed by atoms with Crippen LogP contribution in [0.3, 0.4) is 0 Å². The van der Waals surface area contributed by atoms with Crippen molar-refractivity contribution in [2.45, 2.75) is 57.1 Å². The molecule has 0 aliphatic heterocycles. The number of benzene rings is 1. The summed E-state index contributed by atoms with van der Waals surface area (Å²) >= 11 is 7.25. The summed E-state index contributed by atoms with van der Waals surface area (Å²) in [6.07, 6.45) is 2.05. The molecule has 1 atom stereocenters. The van der Waals surface area contributed by atoms with E-state index in [4.69, 9.17) is 16.3 Å². The number of amides is 1. The topological polar surface area (TPSA) is 55.4 Å². The lowest BCUT2D eigenvalue weighted by atomic mass is 10.1. The molecule has 0 radical (unpaired) electrons. The Morgan fingerprint density at radius 2 is 2.00 bits per heavy atom. The Hall–Kier alpha value is -1.27. The van der Waals surface area contributed by atoms with E-state index in [1.165, 1.54) is 17.8 Å². The number of esters is 1. The Morgan fingerprint density at radius 1 is 1.32 bits per heavy atom. The standard InChI is InChI=1S/C18H25ClFNO3S/c1-5-6-7-24-18(23)12(4)25-16-10-15(14(20)9-13(16)19)21-17(22)8-11(2)3/h9-12H,5-8H2,1-4H3,(H,21,22). The third kappa shape index (κ3) is 7.65. The van der Waals surface area contributed by atoms with Crippen molar-refractivity contribution in [3.8, 4) is 0 Å². The lowest BCUT2D eigenvalue weighted by Gasteiger charge is -2.14. The van der Waals surface area contributed by atoms with Crippen molar-refractivity contribution in [3.05, 3.63) is 23.0 Å². The Labute approximate surface area is 157 Å². The van der Waals surface area contributed by atoms with Crippen molar-refractivity contribution in [1.82, 2.24) is 0 Å². The number of nitrogens with one attached hydrogen (secondary N) is 1. The van der Waals surface area contributed by atoms with E-state index < -0.39 is 11.1 Å². The zero-order valence-electron chi connectivity index (χ0n) is 15.0. The molecule has 1 aromatic carbocycles. The number of unbranched alkanes of at least 4 members (excludes halogenated alkanes) is 1. The van der Waals surface area contributed by atoms with Gasteiger partial charge in [0.2, 0.25) is 5.91 Å². The van der Waals surface area contributed by atoms with Gasteiger partial charge in [0.25, 0.3) is 0 Å².